The molecular formula is C18H23N3O5S. The van der Waals surface area contributed by atoms with Crippen LogP contribution in [0.4, 0.5) is 5.69 Å². The summed E-state index contributed by atoms with van der Waals surface area (Å²) < 4.78 is 26.8. The van der Waals surface area contributed by atoms with Crippen molar-refractivity contribution in [3.05, 3.63) is 70.3 Å². The summed E-state index contributed by atoms with van der Waals surface area (Å²) in [4.78, 5) is 15.7. The van der Waals surface area contributed by atoms with Crippen molar-refractivity contribution in [2.24, 2.45) is 5.73 Å². The first kappa shape index (κ1) is 21.0. The second-order valence-electron chi connectivity index (χ2n) is 5.89. The number of rotatable bonds is 11. The molecule has 27 heavy (non-hydrogen) atoms. The number of unbranched alkanes of at least 4 members (excludes halogenated alkanes) is 2. The van der Waals surface area contributed by atoms with E-state index in [0.717, 1.165) is 35.0 Å². The Balaban J connectivity index is 2.16. The molecule has 0 saturated carbocycles. The molecule has 146 valence electrons. The summed E-state index contributed by atoms with van der Waals surface area (Å²) in [6, 6.07) is 14.0. The summed E-state index contributed by atoms with van der Waals surface area (Å²) in [6.45, 7) is 0.816. The zero-order valence-corrected chi connectivity index (χ0v) is 15.7. The van der Waals surface area contributed by atoms with E-state index in [2.05, 4.69) is 0 Å². The van der Waals surface area contributed by atoms with Crippen LogP contribution in [0.5, 0.6) is 0 Å². The van der Waals surface area contributed by atoms with Gasteiger partial charge in [-0.3, -0.25) is 15.0 Å². The molecule has 0 bridgehead atoms. The summed E-state index contributed by atoms with van der Waals surface area (Å²) >= 11 is 0. The minimum Gasteiger partial charge on any atom is -0.330 e. The van der Waals surface area contributed by atoms with Gasteiger partial charge in [0.1, 0.15) is 0 Å². The van der Waals surface area contributed by atoms with Crippen molar-refractivity contribution in [3.63, 3.8) is 0 Å². The minimum absolute atomic E-state index is 0.0556. The molecule has 2 aromatic carbocycles. The topological polar surface area (TPSA) is 116 Å². The Morgan fingerprint density at radius 2 is 1.67 bits per heavy atom. The summed E-state index contributed by atoms with van der Waals surface area (Å²) in [5.74, 6) is 0. The average Bonchev–Trinajstić information content (AvgIpc) is 2.68. The quantitative estimate of drug-likeness (QED) is 0.356. The zero-order chi connectivity index (χ0) is 19.7. The lowest BCUT2D eigenvalue weighted by molar-refractivity contribution is -0.384. The summed E-state index contributed by atoms with van der Waals surface area (Å²) in [5, 5.41) is 10.8. The molecule has 0 atom stereocenters. The summed E-state index contributed by atoms with van der Waals surface area (Å²) in [5.41, 5.74) is 6.14. The molecule has 0 spiro atoms. The van der Waals surface area contributed by atoms with Crippen LogP contribution in [0.25, 0.3) is 0 Å². The molecule has 0 fully saturated rings. The van der Waals surface area contributed by atoms with E-state index in [1.807, 2.05) is 30.3 Å². The van der Waals surface area contributed by atoms with Crippen LogP contribution in [0.1, 0.15) is 24.8 Å². The highest BCUT2D eigenvalue weighted by molar-refractivity contribution is 7.89. The standard InChI is InChI=1S/C18H23N3O5S/c19-13-5-2-6-14-20(26-15-16-7-3-1-4-8-16)27(24,25)18-11-9-17(10-12-18)21(22)23/h1,3-4,7-12H,2,5-6,13-15,19H2. The number of nitro groups is 1. The van der Waals surface area contributed by atoms with Crippen LogP contribution in [0, 0.1) is 10.1 Å². The normalized spacial score (nSPS) is 11.6. The Labute approximate surface area is 158 Å². The average molecular weight is 393 g/mol. The van der Waals surface area contributed by atoms with Gasteiger partial charge in [0.25, 0.3) is 15.7 Å². The van der Waals surface area contributed by atoms with Gasteiger partial charge in [-0.2, -0.15) is 0 Å². The van der Waals surface area contributed by atoms with E-state index in [9.17, 15) is 18.5 Å². The van der Waals surface area contributed by atoms with E-state index in [1.165, 1.54) is 12.1 Å². The van der Waals surface area contributed by atoms with Crippen molar-refractivity contribution < 1.29 is 18.2 Å². The Bertz CT molecular complexity index is 826. The molecule has 0 aromatic heterocycles. The second-order valence-corrected chi connectivity index (χ2v) is 7.72. The number of sulfonamides is 1. The number of nitrogens with two attached hydrogens (primary N) is 1. The van der Waals surface area contributed by atoms with Crippen LogP contribution >= 0.6 is 0 Å². The number of non-ortho nitro benzene ring substituents is 1. The highest BCUT2D eigenvalue weighted by Gasteiger charge is 2.26. The molecular weight excluding hydrogens is 370 g/mol. The maximum atomic E-state index is 12.9. The highest BCUT2D eigenvalue weighted by Crippen LogP contribution is 2.21. The molecule has 0 saturated heterocycles. The third-order valence-corrected chi connectivity index (χ3v) is 5.57. The molecule has 0 aliphatic heterocycles. The Kier molecular flexibility index (Phi) is 7.86. The third-order valence-electron chi connectivity index (χ3n) is 3.88. The monoisotopic (exact) mass is 393 g/mol. The van der Waals surface area contributed by atoms with Gasteiger partial charge in [0.15, 0.2) is 0 Å². The van der Waals surface area contributed by atoms with Crippen molar-refractivity contribution >= 4 is 15.7 Å². The van der Waals surface area contributed by atoms with Crippen LogP contribution in [-0.2, 0) is 21.5 Å². The number of benzene rings is 2. The second kappa shape index (κ2) is 10.1. The largest absolute Gasteiger partial charge is 0.330 e. The van der Waals surface area contributed by atoms with Gasteiger partial charge < -0.3 is 5.73 Å². The van der Waals surface area contributed by atoms with Crippen molar-refractivity contribution in [2.75, 3.05) is 13.1 Å². The van der Waals surface area contributed by atoms with Crippen molar-refractivity contribution in [1.82, 2.24) is 4.47 Å². The van der Waals surface area contributed by atoms with Crippen LogP contribution in [0.15, 0.2) is 59.5 Å². The zero-order valence-electron chi connectivity index (χ0n) is 14.9. The lowest BCUT2D eigenvalue weighted by Gasteiger charge is -2.21. The fraction of sp³-hybridized carbons (Fsp3) is 0.333. The summed E-state index contributed by atoms with van der Waals surface area (Å²) in [6.07, 6.45) is 2.17. The number of nitro benzene ring substituents is 1. The molecule has 0 heterocycles. The Morgan fingerprint density at radius 1 is 1.00 bits per heavy atom. The van der Waals surface area contributed by atoms with Crippen LogP contribution in [0.2, 0.25) is 0 Å². The van der Waals surface area contributed by atoms with Gasteiger partial charge in [-0.05, 0) is 37.1 Å². The number of hydrogen-bond donors (Lipinski definition) is 1. The third kappa shape index (κ3) is 6.10. The molecule has 0 aliphatic rings. The van der Waals surface area contributed by atoms with E-state index < -0.39 is 14.9 Å². The van der Waals surface area contributed by atoms with Crippen LogP contribution in [0.3, 0.4) is 0 Å². The molecule has 0 aliphatic carbocycles. The van der Waals surface area contributed by atoms with E-state index in [0.29, 0.717) is 13.0 Å². The Morgan fingerprint density at radius 3 is 2.26 bits per heavy atom. The number of hydrogen-bond acceptors (Lipinski definition) is 6. The highest BCUT2D eigenvalue weighted by atomic mass is 32.2. The van der Waals surface area contributed by atoms with Gasteiger partial charge in [-0.1, -0.05) is 41.2 Å². The summed E-state index contributed by atoms with van der Waals surface area (Å²) in [7, 11) is -3.94. The maximum Gasteiger partial charge on any atom is 0.269 e. The lowest BCUT2D eigenvalue weighted by atomic mass is 10.2. The molecule has 2 aromatic rings. The van der Waals surface area contributed by atoms with E-state index >= 15 is 0 Å². The SMILES string of the molecule is NCCCCCN(OCc1ccccc1)S(=O)(=O)c1ccc([N+](=O)[O-])cc1. The van der Waals surface area contributed by atoms with Crippen molar-refractivity contribution in [2.45, 2.75) is 30.8 Å². The van der Waals surface area contributed by atoms with Gasteiger partial charge in [0.2, 0.25) is 0 Å². The first-order valence-electron chi connectivity index (χ1n) is 8.59. The number of hydroxylamine groups is 1. The van der Waals surface area contributed by atoms with Crippen molar-refractivity contribution in [1.29, 1.82) is 0 Å². The van der Waals surface area contributed by atoms with Gasteiger partial charge in [0.05, 0.1) is 16.4 Å². The van der Waals surface area contributed by atoms with E-state index in [1.54, 1.807) is 0 Å². The predicted octanol–water partition coefficient (Wildman–Crippen LogP) is 2.85. The molecule has 9 heteroatoms. The fourth-order valence-electron chi connectivity index (χ4n) is 2.39. The lowest BCUT2D eigenvalue weighted by Crippen LogP contribution is -2.32. The van der Waals surface area contributed by atoms with E-state index in [-0.39, 0.29) is 23.7 Å². The first-order chi connectivity index (χ1) is 12.9. The maximum absolute atomic E-state index is 12.9. The predicted molar refractivity (Wildman–Crippen MR) is 101 cm³/mol. The Hall–Kier alpha value is -2.33. The van der Waals surface area contributed by atoms with Crippen LogP contribution in [-0.4, -0.2) is 30.9 Å². The molecule has 2 rings (SSSR count). The molecule has 0 unspecified atom stereocenters. The number of nitrogens with zero attached hydrogens (tertiary/aromatic N) is 2. The van der Waals surface area contributed by atoms with Crippen LogP contribution < -0.4 is 5.73 Å². The van der Waals surface area contributed by atoms with E-state index in [4.69, 9.17) is 10.6 Å². The fourth-order valence-corrected chi connectivity index (χ4v) is 3.67. The van der Waals surface area contributed by atoms with Gasteiger partial charge >= 0.3 is 0 Å². The van der Waals surface area contributed by atoms with Crippen molar-refractivity contribution in [3.8, 4) is 0 Å². The smallest absolute Gasteiger partial charge is 0.269 e. The molecule has 0 radical (unpaired) electrons. The molecule has 0 amide bonds. The van der Waals surface area contributed by atoms with Gasteiger partial charge in [-0.25, -0.2) is 8.42 Å². The van der Waals surface area contributed by atoms with Gasteiger partial charge in [0, 0.05) is 18.7 Å². The molecule has 2 N–H and O–H groups in total. The minimum atomic E-state index is -3.94. The molecule has 8 nitrogen and oxygen atoms in total. The van der Waals surface area contributed by atoms with Gasteiger partial charge in [-0.15, -0.1) is 0 Å². The first-order valence-corrected chi connectivity index (χ1v) is 10.0.